The van der Waals surface area contributed by atoms with Gasteiger partial charge in [0.2, 0.25) is 0 Å². The van der Waals surface area contributed by atoms with Crippen molar-refractivity contribution in [3.05, 3.63) is 34.1 Å². The molecule has 1 amide bonds. The van der Waals surface area contributed by atoms with Gasteiger partial charge in [-0.05, 0) is 46.5 Å². The number of benzene rings is 1. The first-order valence-electron chi connectivity index (χ1n) is 7.24. The van der Waals surface area contributed by atoms with E-state index in [2.05, 4.69) is 26.0 Å². The van der Waals surface area contributed by atoms with E-state index < -0.39 is 36.3 Å². The topological polar surface area (TPSA) is 81.7 Å². The molecule has 0 heterocycles. The Hall–Kier alpha value is -1.96. The molecule has 0 saturated heterocycles. The van der Waals surface area contributed by atoms with Gasteiger partial charge < -0.3 is 14.8 Å². The average molecular weight is 404 g/mol. The van der Waals surface area contributed by atoms with E-state index in [0.29, 0.717) is 6.42 Å². The van der Waals surface area contributed by atoms with Crippen LogP contribution >= 0.6 is 15.9 Å². The van der Waals surface area contributed by atoms with Crippen molar-refractivity contribution in [2.75, 3.05) is 13.7 Å². The molecule has 0 saturated carbocycles. The Kier molecular flexibility index (Phi) is 7.84. The van der Waals surface area contributed by atoms with E-state index in [1.54, 1.807) is 0 Å². The highest BCUT2D eigenvalue weighted by atomic mass is 79.9. The lowest BCUT2D eigenvalue weighted by atomic mass is 10.0. The molecule has 0 spiro atoms. The summed E-state index contributed by atoms with van der Waals surface area (Å²) >= 11 is 3.05. The molecule has 8 heteroatoms. The van der Waals surface area contributed by atoms with Crippen molar-refractivity contribution in [1.29, 1.82) is 0 Å². The Morgan fingerprint density at radius 3 is 2.50 bits per heavy atom. The number of halogens is 2. The van der Waals surface area contributed by atoms with Crippen LogP contribution in [0.5, 0.6) is 0 Å². The molecule has 1 rings (SSSR count). The van der Waals surface area contributed by atoms with E-state index in [4.69, 9.17) is 4.74 Å². The molecule has 0 unspecified atom stereocenters. The second kappa shape index (κ2) is 9.36. The fourth-order valence-electron chi connectivity index (χ4n) is 1.93. The molecule has 24 heavy (non-hydrogen) atoms. The van der Waals surface area contributed by atoms with Crippen LogP contribution in [0.3, 0.4) is 0 Å². The molecular formula is C16H19BrFNO5. The van der Waals surface area contributed by atoms with E-state index in [9.17, 15) is 18.8 Å². The Balaban J connectivity index is 2.60. The first kappa shape index (κ1) is 20.1. The summed E-state index contributed by atoms with van der Waals surface area (Å²) in [7, 11) is 1.23. The van der Waals surface area contributed by atoms with E-state index in [0.717, 1.165) is 12.1 Å². The lowest BCUT2D eigenvalue weighted by Gasteiger charge is -2.18. The van der Waals surface area contributed by atoms with Gasteiger partial charge in [-0.2, -0.15) is 0 Å². The Morgan fingerprint density at radius 1 is 1.29 bits per heavy atom. The van der Waals surface area contributed by atoms with Gasteiger partial charge in [-0.25, -0.2) is 14.0 Å². The second-order valence-corrected chi connectivity index (χ2v) is 6.33. The smallest absolute Gasteiger partial charge is 0.339 e. The number of amides is 1. The van der Waals surface area contributed by atoms with Gasteiger partial charge in [0.05, 0.1) is 12.7 Å². The lowest BCUT2D eigenvalue weighted by Crippen LogP contribution is -2.44. The van der Waals surface area contributed by atoms with Crippen molar-refractivity contribution >= 4 is 33.8 Å². The van der Waals surface area contributed by atoms with Gasteiger partial charge in [-0.1, -0.05) is 13.8 Å². The molecule has 0 aliphatic carbocycles. The maximum Gasteiger partial charge on any atom is 0.339 e. The van der Waals surface area contributed by atoms with Crippen LogP contribution in [0.2, 0.25) is 0 Å². The van der Waals surface area contributed by atoms with Gasteiger partial charge >= 0.3 is 11.9 Å². The molecular weight excluding hydrogens is 385 g/mol. The third-order valence-electron chi connectivity index (χ3n) is 3.01. The van der Waals surface area contributed by atoms with Crippen LogP contribution in [0.4, 0.5) is 4.39 Å². The predicted molar refractivity (Wildman–Crippen MR) is 87.8 cm³/mol. The third-order valence-corrected chi connectivity index (χ3v) is 3.67. The first-order chi connectivity index (χ1) is 11.2. The van der Waals surface area contributed by atoms with E-state index in [-0.39, 0.29) is 16.0 Å². The number of carbonyl (C=O) groups excluding carboxylic acids is 3. The van der Waals surface area contributed by atoms with E-state index >= 15 is 0 Å². The van der Waals surface area contributed by atoms with Crippen LogP contribution in [-0.2, 0) is 19.1 Å². The molecule has 0 aliphatic heterocycles. The molecule has 1 atom stereocenters. The maximum atomic E-state index is 13.0. The summed E-state index contributed by atoms with van der Waals surface area (Å²) in [6, 6.07) is 2.67. The summed E-state index contributed by atoms with van der Waals surface area (Å²) in [6.07, 6.45) is 0.399. The van der Waals surface area contributed by atoms with Gasteiger partial charge in [0.15, 0.2) is 6.61 Å². The van der Waals surface area contributed by atoms with Crippen LogP contribution in [0.15, 0.2) is 22.7 Å². The summed E-state index contributed by atoms with van der Waals surface area (Å²) < 4.78 is 22.7. The summed E-state index contributed by atoms with van der Waals surface area (Å²) in [4.78, 5) is 35.4. The first-order valence-corrected chi connectivity index (χ1v) is 8.03. The monoisotopic (exact) mass is 403 g/mol. The number of hydrogen-bond donors (Lipinski definition) is 1. The second-order valence-electron chi connectivity index (χ2n) is 5.47. The number of nitrogens with one attached hydrogen (secondary N) is 1. The van der Waals surface area contributed by atoms with Crippen molar-refractivity contribution in [3.8, 4) is 0 Å². The quantitative estimate of drug-likeness (QED) is 0.707. The minimum absolute atomic E-state index is 0.0934. The Bertz CT molecular complexity index is 620. The maximum absolute atomic E-state index is 13.0. The highest BCUT2D eigenvalue weighted by Crippen LogP contribution is 2.18. The van der Waals surface area contributed by atoms with Crippen molar-refractivity contribution < 1.29 is 28.2 Å². The van der Waals surface area contributed by atoms with Gasteiger partial charge in [-0.3, -0.25) is 4.79 Å². The average Bonchev–Trinajstić information content (AvgIpc) is 2.50. The largest absolute Gasteiger partial charge is 0.467 e. The summed E-state index contributed by atoms with van der Waals surface area (Å²) in [5, 5.41) is 2.47. The standard InChI is InChI=1S/C16H19BrFNO5/c1-9(2)6-13(16(22)23-3)19-14(20)8-24-15(21)11-5-4-10(18)7-12(11)17/h4-5,7,9,13H,6,8H2,1-3H3,(H,19,20)/t13-/m1/s1. The van der Waals surface area contributed by atoms with Crippen LogP contribution < -0.4 is 5.32 Å². The SMILES string of the molecule is COC(=O)[C@@H](CC(C)C)NC(=O)COC(=O)c1ccc(F)cc1Br. The zero-order valence-corrected chi connectivity index (χ0v) is 15.2. The number of esters is 2. The Morgan fingerprint density at radius 2 is 1.96 bits per heavy atom. The molecule has 1 N–H and O–H groups in total. The molecule has 132 valence electrons. The number of ether oxygens (including phenoxy) is 2. The zero-order chi connectivity index (χ0) is 18.3. The highest BCUT2D eigenvalue weighted by Gasteiger charge is 2.23. The minimum Gasteiger partial charge on any atom is -0.467 e. The minimum atomic E-state index is -0.807. The molecule has 0 fully saturated rings. The zero-order valence-electron chi connectivity index (χ0n) is 13.6. The fraction of sp³-hybridized carbons (Fsp3) is 0.438. The third kappa shape index (κ3) is 6.27. The van der Waals surface area contributed by atoms with E-state index in [1.807, 2.05) is 13.8 Å². The summed E-state index contributed by atoms with van der Waals surface area (Å²) in [5.41, 5.74) is 0.0934. The molecule has 0 aliphatic rings. The number of rotatable bonds is 7. The van der Waals surface area contributed by atoms with Crippen LogP contribution in [0, 0.1) is 11.7 Å². The van der Waals surface area contributed by atoms with E-state index in [1.165, 1.54) is 13.2 Å². The number of carbonyl (C=O) groups is 3. The highest BCUT2D eigenvalue weighted by molar-refractivity contribution is 9.10. The molecule has 0 aromatic heterocycles. The lowest BCUT2D eigenvalue weighted by molar-refractivity contribution is -0.145. The Labute approximate surface area is 147 Å². The summed E-state index contributed by atoms with van der Waals surface area (Å²) in [6.45, 7) is 3.23. The van der Waals surface area contributed by atoms with Crippen molar-refractivity contribution in [3.63, 3.8) is 0 Å². The van der Waals surface area contributed by atoms with Crippen LogP contribution in [0.25, 0.3) is 0 Å². The molecule has 0 radical (unpaired) electrons. The molecule has 1 aromatic rings. The van der Waals surface area contributed by atoms with Crippen molar-refractivity contribution in [2.24, 2.45) is 5.92 Å². The fourth-order valence-corrected chi connectivity index (χ4v) is 2.44. The summed E-state index contributed by atoms with van der Waals surface area (Å²) in [5.74, 6) is -2.32. The van der Waals surface area contributed by atoms with Crippen molar-refractivity contribution in [1.82, 2.24) is 5.32 Å². The van der Waals surface area contributed by atoms with Gasteiger partial charge in [0.1, 0.15) is 11.9 Å². The molecule has 6 nitrogen and oxygen atoms in total. The van der Waals surface area contributed by atoms with Gasteiger partial charge in [0, 0.05) is 4.47 Å². The molecule has 1 aromatic carbocycles. The van der Waals surface area contributed by atoms with Crippen LogP contribution in [0.1, 0.15) is 30.6 Å². The van der Waals surface area contributed by atoms with Crippen LogP contribution in [-0.4, -0.2) is 37.6 Å². The number of methoxy groups -OCH3 is 1. The predicted octanol–water partition coefficient (Wildman–Crippen LogP) is 2.45. The van der Waals surface area contributed by atoms with Gasteiger partial charge in [0.25, 0.3) is 5.91 Å². The normalized spacial score (nSPS) is 11.8. The van der Waals surface area contributed by atoms with Gasteiger partial charge in [-0.15, -0.1) is 0 Å². The number of hydrogen-bond acceptors (Lipinski definition) is 5. The molecule has 0 bridgehead atoms. The van der Waals surface area contributed by atoms with Crippen molar-refractivity contribution in [2.45, 2.75) is 26.3 Å².